The Morgan fingerprint density at radius 3 is 2.45 bits per heavy atom. The van der Waals surface area contributed by atoms with Gasteiger partial charge in [0.1, 0.15) is 5.75 Å². The van der Waals surface area contributed by atoms with Crippen molar-refractivity contribution in [2.45, 2.75) is 6.54 Å². The first kappa shape index (κ1) is 22.5. The lowest BCUT2D eigenvalue weighted by Crippen LogP contribution is -2.18. The van der Waals surface area contributed by atoms with Crippen molar-refractivity contribution < 1.29 is 19.0 Å². The number of hydrogen-bond acceptors (Lipinski definition) is 6. The lowest BCUT2D eigenvalue weighted by Gasteiger charge is -2.11. The summed E-state index contributed by atoms with van der Waals surface area (Å²) in [4.78, 5) is 12.4. The molecule has 2 aromatic carbocycles. The van der Waals surface area contributed by atoms with Crippen LogP contribution in [0, 0.1) is 0 Å². The molecule has 0 saturated carbocycles. The van der Waals surface area contributed by atoms with E-state index in [1.807, 2.05) is 6.07 Å². The van der Waals surface area contributed by atoms with E-state index in [2.05, 4.69) is 15.6 Å². The molecule has 0 radical (unpaired) electrons. The lowest BCUT2D eigenvalue weighted by atomic mass is 10.2. The van der Waals surface area contributed by atoms with Crippen molar-refractivity contribution in [3.63, 3.8) is 0 Å². The van der Waals surface area contributed by atoms with E-state index < -0.39 is 5.91 Å². The number of carbonyl (C=O) groups excluding carboxylic acids is 1. The number of carbonyl (C=O) groups is 1. The van der Waals surface area contributed by atoms with Gasteiger partial charge >= 0.3 is 0 Å². The number of rotatable bonds is 8. The van der Waals surface area contributed by atoms with Crippen molar-refractivity contribution in [2.24, 2.45) is 5.10 Å². The smallest absolute Gasteiger partial charge is 0.291 e. The number of benzene rings is 2. The van der Waals surface area contributed by atoms with E-state index in [9.17, 15) is 4.79 Å². The molecule has 1 aromatic heterocycles. The molecule has 1 N–H and O–H groups in total. The standard InChI is InChI=1S/C21H20Cl2N4O4/c1-29-18-10-20(31-3)19(30-2)8-14(18)11-24-25-21(28)17-6-7-27(26-17)12-13-4-5-15(22)9-16(13)23/h4-11H,12H2,1-3H3,(H,25,28)/b24-11-. The van der Waals surface area contributed by atoms with Crippen molar-refractivity contribution in [3.05, 3.63) is 69.5 Å². The van der Waals surface area contributed by atoms with Crippen molar-refractivity contribution >= 4 is 35.3 Å². The summed E-state index contributed by atoms with van der Waals surface area (Å²) in [6.45, 7) is 0.398. The molecule has 0 aliphatic heterocycles. The molecule has 162 valence electrons. The largest absolute Gasteiger partial charge is 0.496 e. The maximum Gasteiger partial charge on any atom is 0.291 e. The van der Waals surface area contributed by atoms with Crippen LogP contribution >= 0.6 is 23.2 Å². The molecule has 0 spiro atoms. The van der Waals surface area contributed by atoms with Crippen LogP contribution < -0.4 is 19.6 Å². The Bertz CT molecular complexity index is 1110. The van der Waals surface area contributed by atoms with Gasteiger partial charge in [-0.25, -0.2) is 5.43 Å². The Morgan fingerprint density at radius 1 is 1.06 bits per heavy atom. The van der Waals surface area contributed by atoms with Gasteiger partial charge in [0.05, 0.1) is 34.1 Å². The van der Waals surface area contributed by atoms with E-state index in [1.165, 1.54) is 27.5 Å². The summed E-state index contributed by atoms with van der Waals surface area (Å²) in [6.07, 6.45) is 3.13. The van der Waals surface area contributed by atoms with Crippen LogP contribution in [0.15, 0.2) is 47.7 Å². The maximum atomic E-state index is 12.4. The Labute approximate surface area is 189 Å². The van der Waals surface area contributed by atoms with Crippen LogP contribution in [0.4, 0.5) is 0 Å². The fraction of sp³-hybridized carbons (Fsp3) is 0.190. The zero-order chi connectivity index (χ0) is 22.4. The van der Waals surface area contributed by atoms with Gasteiger partial charge < -0.3 is 14.2 Å². The topological polar surface area (TPSA) is 87.0 Å². The highest BCUT2D eigenvalue weighted by Crippen LogP contribution is 2.33. The first-order valence-corrected chi connectivity index (χ1v) is 9.81. The van der Waals surface area contributed by atoms with Gasteiger partial charge in [-0.15, -0.1) is 0 Å². The predicted molar refractivity (Wildman–Crippen MR) is 119 cm³/mol. The molecule has 31 heavy (non-hydrogen) atoms. The zero-order valence-electron chi connectivity index (χ0n) is 17.1. The summed E-state index contributed by atoms with van der Waals surface area (Å²) >= 11 is 12.1. The number of amides is 1. The second kappa shape index (κ2) is 10.2. The van der Waals surface area contributed by atoms with Crippen LogP contribution in [-0.2, 0) is 6.54 Å². The van der Waals surface area contributed by atoms with Crippen LogP contribution in [0.2, 0.25) is 10.0 Å². The molecular weight excluding hydrogens is 443 g/mol. The first-order valence-electron chi connectivity index (χ1n) is 9.06. The second-order valence-electron chi connectivity index (χ2n) is 6.28. The first-order chi connectivity index (χ1) is 14.9. The molecule has 1 heterocycles. The average molecular weight is 463 g/mol. The third kappa shape index (κ3) is 5.48. The Kier molecular flexibility index (Phi) is 7.38. The van der Waals surface area contributed by atoms with E-state index >= 15 is 0 Å². The minimum absolute atomic E-state index is 0.210. The molecule has 0 aliphatic carbocycles. The highest BCUT2D eigenvalue weighted by Gasteiger charge is 2.12. The monoisotopic (exact) mass is 462 g/mol. The Hall–Kier alpha value is -3.23. The van der Waals surface area contributed by atoms with Crippen molar-refractivity contribution in [2.75, 3.05) is 21.3 Å². The van der Waals surface area contributed by atoms with Crippen molar-refractivity contribution in [1.29, 1.82) is 0 Å². The SMILES string of the molecule is COc1cc(OC)c(OC)cc1/C=N\NC(=O)c1ccn(Cc2ccc(Cl)cc2Cl)n1. The third-order valence-corrected chi connectivity index (χ3v) is 4.91. The number of halogens is 2. The van der Waals surface area contributed by atoms with Crippen LogP contribution in [0.5, 0.6) is 17.2 Å². The van der Waals surface area contributed by atoms with Crippen molar-refractivity contribution in [3.8, 4) is 17.2 Å². The molecule has 0 saturated heterocycles. The number of ether oxygens (including phenoxy) is 3. The van der Waals surface area contributed by atoms with E-state index in [-0.39, 0.29) is 5.69 Å². The molecule has 0 fully saturated rings. The third-order valence-electron chi connectivity index (χ3n) is 4.33. The lowest BCUT2D eigenvalue weighted by molar-refractivity contribution is 0.0949. The quantitative estimate of drug-likeness (QED) is 0.403. The van der Waals surface area contributed by atoms with Gasteiger partial charge in [0.15, 0.2) is 17.2 Å². The number of nitrogens with one attached hydrogen (secondary N) is 1. The van der Waals surface area contributed by atoms with E-state index in [1.54, 1.807) is 41.2 Å². The van der Waals surface area contributed by atoms with Gasteiger partial charge in [-0.2, -0.15) is 10.2 Å². The minimum atomic E-state index is -0.461. The normalized spacial score (nSPS) is 10.9. The summed E-state index contributed by atoms with van der Waals surface area (Å²) < 4.78 is 17.5. The molecule has 0 bridgehead atoms. The molecule has 3 aromatic rings. The molecule has 0 unspecified atom stereocenters. The molecule has 3 rings (SSSR count). The van der Waals surface area contributed by atoms with Crippen molar-refractivity contribution in [1.82, 2.24) is 15.2 Å². The maximum absolute atomic E-state index is 12.4. The number of nitrogens with zero attached hydrogens (tertiary/aromatic N) is 3. The Morgan fingerprint density at radius 2 is 1.77 bits per heavy atom. The fourth-order valence-electron chi connectivity index (χ4n) is 2.77. The van der Waals surface area contributed by atoms with Crippen LogP contribution in [0.25, 0.3) is 0 Å². The number of methoxy groups -OCH3 is 3. The van der Waals surface area contributed by atoms with Crippen LogP contribution in [-0.4, -0.2) is 43.2 Å². The van der Waals surface area contributed by atoms with Gasteiger partial charge in [0.2, 0.25) is 0 Å². The average Bonchev–Trinajstić information content (AvgIpc) is 3.24. The fourth-order valence-corrected chi connectivity index (χ4v) is 3.23. The van der Waals surface area contributed by atoms with Gasteiger partial charge in [0, 0.05) is 27.9 Å². The molecule has 0 atom stereocenters. The Balaban J connectivity index is 1.68. The summed E-state index contributed by atoms with van der Waals surface area (Å²) in [5.41, 5.74) is 4.09. The van der Waals surface area contributed by atoms with E-state index in [0.717, 1.165) is 5.56 Å². The molecule has 1 amide bonds. The summed E-state index contributed by atoms with van der Waals surface area (Å²) in [7, 11) is 4.59. The highest BCUT2D eigenvalue weighted by atomic mass is 35.5. The molecular formula is C21H20Cl2N4O4. The van der Waals surface area contributed by atoms with Gasteiger partial charge in [-0.1, -0.05) is 29.3 Å². The summed E-state index contributed by atoms with van der Waals surface area (Å²) in [6, 6.07) is 10.2. The zero-order valence-corrected chi connectivity index (χ0v) is 18.6. The van der Waals surface area contributed by atoms with Crippen LogP contribution in [0.3, 0.4) is 0 Å². The number of hydrazone groups is 1. The van der Waals surface area contributed by atoms with Gasteiger partial charge in [0.25, 0.3) is 5.91 Å². The minimum Gasteiger partial charge on any atom is -0.496 e. The van der Waals surface area contributed by atoms with E-state index in [0.29, 0.717) is 39.4 Å². The molecule has 10 heteroatoms. The van der Waals surface area contributed by atoms with Gasteiger partial charge in [-0.05, 0) is 29.8 Å². The summed E-state index contributed by atoms with van der Waals surface area (Å²) in [5, 5.41) is 9.33. The predicted octanol–water partition coefficient (Wildman–Crippen LogP) is 4.03. The molecule has 8 nitrogen and oxygen atoms in total. The van der Waals surface area contributed by atoms with Crippen LogP contribution in [0.1, 0.15) is 21.6 Å². The number of aromatic nitrogens is 2. The summed E-state index contributed by atoms with van der Waals surface area (Å²) in [5.74, 6) is 1.08. The number of hydrogen-bond donors (Lipinski definition) is 1. The highest BCUT2D eigenvalue weighted by molar-refractivity contribution is 6.35. The van der Waals surface area contributed by atoms with E-state index in [4.69, 9.17) is 37.4 Å². The molecule has 0 aliphatic rings. The van der Waals surface area contributed by atoms with Gasteiger partial charge in [-0.3, -0.25) is 9.48 Å². The second-order valence-corrected chi connectivity index (χ2v) is 7.13.